The van der Waals surface area contributed by atoms with E-state index in [1.165, 1.54) is 18.2 Å². The van der Waals surface area contributed by atoms with Crippen LogP contribution in [-0.4, -0.2) is 11.3 Å². The number of alkyl halides is 3. The van der Waals surface area contributed by atoms with Gasteiger partial charge in [0.1, 0.15) is 5.75 Å². The van der Waals surface area contributed by atoms with Crippen molar-refractivity contribution in [2.45, 2.75) is 6.36 Å². The van der Waals surface area contributed by atoms with Gasteiger partial charge in [0.05, 0.1) is 16.9 Å². The number of benzene rings is 2. The Labute approximate surface area is 141 Å². The SMILES string of the molecule is Cl.NNc1cc(-c2ccccc2)nc2cc(OC(F)(F)F)ccc12. The summed E-state index contributed by atoms with van der Waals surface area (Å²) >= 11 is 0. The first-order chi connectivity index (χ1) is 11.0. The van der Waals surface area contributed by atoms with Gasteiger partial charge in [0, 0.05) is 17.0 Å². The lowest BCUT2D eigenvalue weighted by Gasteiger charge is -2.12. The van der Waals surface area contributed by atoms with Crippen molar-refractivity contribution in [2.75, 3.05) is 5.43 Å². The van der Waals surface area contributed by atoms with E-state index >= 15 is 0 Å². The zero-order valence-electron chi connectivity index (χ0n) is 12.2. The Kier molecular flexibility index (Phi) is 5.16. The summed E-state index contributed by atoms with van der Waals surface area (Å²) in [4.78, 5) is 4.40. The molecule has 0 radical (unpaired) electrons. The molecule has 0 aliphatic rings. The second-order valence-corrected chi connectivity index (χ2v) is 4.79. The minimum atomic E-state index is -4.75. The Balaban J connectivity index is 0.00000208. The maximum absolute atomic E-state index is 12.4. The molecule has 1 heterocycles. The number of ether oxygens (including phenoxy) is 1. The Morgan fingerprint density at radius 2 is 1.71 bits per heavy atom. The number of nitrogens with zero attached hydrogens (tertiary/aromatic N) is 1. The van der Waals surface area contributed by atoms with E-state index in [2.05, 4.69) is 15.1 Å². The van der Waals surface area contributed by atoms with Gasteiger partial charge in [0.15, 0.2) is 0 Å². The van der Waals surface area contributed by atoms with Crippen LogP contribution in [0.3, 0.4) is 0 Å². The van der Waals surface area contributed by atoms with Gasteiger partial charge in [-0.05, 0) is 18.2 Å². The molecule has 0 bridgehead atoms. The molecule has 0 amide bonds. The number of hydrazine groups is 1. The lowest BCUT2D eigenvalue weighted by Crippen LogP contribution is -2.17. The Morgan fingerprint density at radius 3 is 2.33 bits per heavy atom. The van der Waals surface area contributed by atoms with Crippen molar-refractivity contribution in [2.24, 2.45) is 5.84 Å². The number of fused-ring (bicyclic) bond motifs is 1. The van der Waals surface area contributed by atoms with E-state index in [1.807, 2.05) is 30.3 Å². The van der Waals surface area contributed by atoms with E-state index in [0.717, 1.165) is 5.56 Å². The number of halogens is 4. The molecular weight excluding hydrogens is 343 g/mol. The fourth-order valence-corrected chi connectivity index (χ4v) is 2.28. The highest BCUT2D eigenvalue weighted by Crippen LogP contribution is 2.31. The zero-order chi connectivity index (χ0) is 16.4. The van der Waals surface area contributed by atoms with Crippen molar-refractivity contribution in [3.05, 3.63) is 54.6 Å². The normalized spacial score (nSPS) is 11.0. The molecule has 0 aliphatic carbocycles. The number of hydrogen-bond acceptors (Lipinski definition) is 4. The predicted molar refractivity (Wildman–Crippen MR) is 88.9 cm³/mol. The summed E-state index contributed by atoms with van der Waals surface area (Å²) in [7, 11) is 0. The lowest BCUT2D eigenvalue weighted by atomic mass is 10.1. The molecule has 3 rings (SSSR count). The van der Waals surface area contributed by atoms with Crippen LogP contribution in [0.5, 0.6) is 5.75 Å². The summed E-state index contributed by atoms with van der Waals surface area (Å²) in [5.41, 5.74) is 4.88. The number of nitrogens with one attached hydrogen (secondary N) is 1. The van der Waals surface area contributed by atoms with Crippen LogP contribution in [0, 0.1) is 0 Å². The fourth-order valence-electron chi connectivity index (χ4n) is 2.28. The number of rotatable bonds is 3. The highest BCUT2D eigenvalue weighted by Gasteiger charge is 2.31. The van der Waals surface area contributed by atoms with E-state index in [4.69, 9.17) is 5.84 Å². The van der Waals surface area contributed by atoms with Gasteiger partial charge in [-0.1, -0.05) is 30.3 Å². The number of aromatic nitrogens is 1. The molecule has 0 saturated carbocycles. The van der Waals surface area contributed by atoms with E-state index in [-0.39, 0.29) is 18.2 Å². The van der Waals surface area contributed by atoms with E-state index in [1.54, 1.807) is 6.07 Å². The van der Waals surface area contributed by atoms with E-state index < -0.39 is 6.36 Å². The molecule has 2 aromatic carbocycles. The molecule has 1 aromatic heterocycles. The molecule has 4 nitrogen and oxygen atoms in total. The van der Waals surface area contributed by atoms with Gasteiger partial charge in [-0.25, -0.2) is 4.98 Å². The third kappa shape index (κ3) is 3.87. The minimum absolute atomic E-state index is 0. The molecule has 0 fully saturated rings. The first-order valence-electron chi connectivity index (χ1n) is 6.69. The maximum atomic E-state index is 12.4. The smallest absolute Gasteiger partial charge is 0.406 e. The Morgan fingerprint density at radius 1 is 1.00 bits per heavy atom. The van der Waals surface area contributed by atoms with Crippen LogP contribution in [0.15, 0.2) is 54.6 Å². The van der Waals surface area contributed by atoms with Gasteiger partial charge in [0.2, 0.25) is 0 Å². The van der Waals surface area contributed by atoms with Gasteiger partial charge >= 0.3 is 6.36 Å². The van der Waals surface area contributed by atoms with Crippen LogP contribution < -0.4 is 16.0 Å². The Bertz CT molecular complexity index is 841. The number of anilines is 1. The molecule has 0 aliphatic heterocycles. The molecule has 0 atom stereocenters. The quantitative estimate of drug-likeness (QED) is 0.536. The molecule has 24 heavy (non-hydrogen) atoms. The minimum Gasteiger partial charge on any atom is -0.406 e. The van der Waals surface area contributed by atoms with Crippen LogP contribution in [0.2, 0.25) is 0 Å². The molecular formula is C16H13ClF3N3O. The van der Waals surface area contributed by atoms with E-state index in [0.29, 0.717) is 22.3 Å². The Hall–Kier alpha value is -2.51. The molecule has 0 unspecified atom stereocenters. The van der Waals surface area contributed by atoms with Crippen LogP contribution in [-0.2, 0) is 0 Å². The van der Waals surface area contributed by atoms with Crippen molar-refractivity contribution < 1.29 is 17.9 Å². The average Bonchev–Trinajstić information content (AvgIpc) is 2.52. The number of nitrogen functional groups attached to an aromatic ring is 1. The number of pyridine rings is 1. The van der Waals surface area contributed by atoms with Gasteiger partial charge in [-0.3, -0.25) is 5.84 Å². The van der Waals surface area contributed by atoms with Crippen LogP contribution in [0.1, 0.15) is 0 Å². The van der Waals surface area contributed by atoms with Crippen molar-refractivity contribution in [1.82, 2.24) is 4.98 Å². The topological polar surface area (TPSA) is 60.2 Å². The summed E-state index contributed by atoms with van der Waals surface area (Å²) in [5.74, 6) is 5.19. The zero-order valence-corrected chi connectivity index (χ0v) is 13.0. The fraction of sp³-hybridized carbons (Fsp3) is 0.0625. The standard InChI is InChI=1S/C16H12F3N3O.ClH/c17-16(18,19)23-11-6-7-12-14(8-11)21-13(9-15(12)22-20)10-4-2-1-3-5-10;/h1-9H,20H2,(H,21,22);1H. The van der Waals surface area contributed by atoms with Gasteiger partial charge < -0.3 is 10.2 Å². The van der Waals surface area contributed by atoms with Crippen molar-refractivity contribution in [3.63, 3.8) is 0 Å². The monoisotopic (exact) mass is 355 g/mol. The third-order valence-corrected chi connectivity index (χ3v) is 3.24. The van der Waals surface area contributed by atoms with Crippen LogP contribution in [0.25, 0.3) is 22.2 Å². The lowest BCUT2D eigenvalue weighted by molar-refractivity contribution is -0.274. The van der Waals surface area contributed by atoms with Crippen LogP contribution in [0.4, 0.5) is 18.9 Å². The van der Waals surface area contributed by atoms with Gasteiger partial charge in [0.25, 0.3) is 0 Å². The number of nitrogens with two attached hydrogens (primary N) is 1. The molecule has 3 N–H and O–H groups in total. The molecule has 8 heteroatoms. The average molecular weight is 356 g/mol. The molecule has 126 valence electrons. The second-order valence-electron chi connectivity index (χ2n) is 4.79. The summed E-state index contributed by atoms with van der Waals surface area (Å²) in [6, 6.07) is 14.9. The van der Waals surface area contributed by atoms with Crippen molar-refractivity contribution in [3.8, 4) is 17.0 Å². The van der Waals surface area contributed by atoms with Crippen molar-refractivity contribution in [1.29, 1.82) is 0 Å². The second kappa shape index (κ2) is 6.94. The summed E-state index contributed by atoms with van der Waals surface area (Å²) in [5, 5.41) is 0.599. The van der Waals surface area contributed by atoms with Gasteiger partial charge in [-0.15, -0.1) is 25.6 Å². The largest absolute Gasteiger partial charge is 0.573 e. The highest BCUT2D eigenvalue weighted by atomic mass is 35.5. The summed E-state index contributed by atoms with van der Waals surface area (Å²) < 4.78 is 41.0. The molecule has 0 saturated heterocycles. The predicted octanol–water partition coefficient (Wildman–Crippen LogP) is 4.51. The first-order valence-corrected chi connectivity index (χ1v) is 6.69. The van der Waals surface area contributed by atoms with Crippen molar-refractivity contribution >= 4 is 29.0 Å². The first kappa shape index (κ1) is 17.8. The highest BCUT2D eigenvalue weighted by molar-refractivity contribution is 5.94. The number of hydrogen-bond donors (Lipinski definition) is 2. The third-order valence-electron chi connectivity index (χ3n) is 3.24. The molecule has 3 aromatic rings. The summed E-state index contributed by atoms with van der Waals surface area (Å²) in [6.07, 6.45) is -4.75. The maximum Gasteiger partial charge on any atom is 0.573 e. The summed E-state index contributed by atoms with van der Waals surface area (Å²) in [6.45, 7) is 0. The van der Waals surface area contributed by atoms with Crippen LogP contribution >= 0.6 is 12.4 Å². The van der Waals surface area contributed by atoms with E-state index in [9.17, 15) is 13.2 Å². The van der Waals surface area contributed by atoms with Gasteiger partial charge in [-0.2, -0.15) is 0 Å². The molecule has 0 spiro atoms.